The molecule has 1 heterocycles. The molecule has 0 aliphatic heterocycles. The highest BCUT2D eigenvalue weighted by Crippen LogP contribution is 2.33. The SMILES string of the molecule is O=[N+]([O-])c1ccc(/C=N/c2nnc(-c3ccccc3O)s2)cc1. The van der Waals surface area contributed by atoms with E-state index in [-0.39, 0.29) is 11.4 Å². The van der Waals surface area contributed by atoms with Crippen LogP contribution in [-0.2, 0) is 0 Å². The molecule has 0 atom stereocenters. The molecule has 0 fully saturated rings. The minimum Gasteiger partial charge on any atom is -0.507 e. The fourth-order valence-electron chi connectivity index (χ4n) is 1.84. The third kappa shape index (κ3) is 3.38. The van der Waals surface area contributed by atoms with E-state index in [0.29, 0.717) is 15.7 Å². The van der Waals surface area contributed by atoms with E-state index in [1.165, 1.54) is 23.5 Å². The number of non-ortho nitro benzene ring substituents is 1. The van der Waals surface area contributed by atoms with E-state index >= 15 is 0 Å². The Labute approximate surface area is 134 Å². The van der Waals surface area contributed by atoms with Gasteiger partial charge in [0.15, 0.2) is 5.01 Å². The molecule has 3 aromatic rings. The minimum absolute atomic E-state index is 0.0277. The number of phenolic OH excluding ortho intramolecular Hbond substituents is 1. The zero-order valence-corrected chi connectivity index (χ0v) is 12.5. The quantitative estimate of drug-likeness (QED) is 0.448. The monoisotopic (exact) mass is 326 g/mol. The number of hydrogen-bond donors (Lipinski definition) is 1. The van der Waals surface area contributed by atoms with E-state index in [1.54, 1.807) is 42.6 Å². The summed E-state index contributed by atoms with van der Waals surface area (Å²) in [6, 6.07) is 12.9. The molecule has 3 rings (SSSR count). The summed E-state index contributed by atoms with van der Waals surface area (Å²) in [7, 11) is 0. The predicted octanol–water partition coefficient (Wildman–Crippen LogP) is 3.57. The van der Waals surface area contributed by atoms with Gasteiger partial charge in [-0.25, -0.2) is 4.99 Å². The largest absolute Gasteiger partial charge is 0.507 e. The number of nitrogens with zero attached hydrogens (tertiary/aromatic N) is 4. The van der Waals surface area contributed by atoms with Gasteiger partial charge < -0.3 is 5.11 Å². The maximum Gasteiger partial charge on any atom is 0.269 e. The number of rotatable bonds is 4. The molecular weight excluding hydrogens is 316 g/mol. The minimum atomic E-state index is -0.454. The summed E-state index contributed by atoms with van der Waals surface area (Å²) in [5, 5.41) is 29.3. The first-order chi connectivity index (χ1) is 11.1. The van der Waals surface area contributed by atoms with Crippen molar-refractivity contribution < 1.29 is 10.0 Å². The maximum atomic E-state index is 10.6. The van der Waals surface area contributed by atoms with Gasteiger partial charge in [-0.15, -0.1) is 10.2 Å². The first-order valence-electron chi connectivity index (χ1n) is 6.54. The Morgan fingerprint density at radius 3 is 2.57 bits per heavy atom. The highest BCUT2D eigenvalue weighted by molar-refractivity contribution is 7.18. The van der Waals surface area contributed by atoms with Gasteiger partial charge in [0.05, 0.1) is 10.5 Å². The van der Waals surface area contributed by atoms with Crippen LogP contribution in [0.4, 0.5) is 10.8 Å². The lowest BCUT2D eigenvalue weighted by Crippen LogP contribution is -1.88. The fraction of sp³-hybridized carbons (Fsp3) is 0. The first-order valence-corrected chi connectivity index (χ1v) is 7.35. The first kappa shape index (κ1) is 14.8. The molecule has 1 N–H and O–H groups in total. The van der Waals surface area contributed by atoms with Gasteiger partial charge in [0.1, 0.15) is 5.75 Å². The topological polar surface area (TPSA) is 102 Å². The number of aliphatic imine (C=N–C) groups is 1. The average molecular weight is 326 g/mol. The molecule has 0 amide bonds. The van der Waals surface area contributed by atoms with Crippen LogP contribution in [0.2, 0.25) is 0 Å². The van der Waals surface area contributed by atoms with E-state index in [2.05, 4.69) is 15.2 Å². The van der Waals surface area contributed by atoms with Gasteiger partial charge in [0.25, 0.3) is 5.69 Å². The smallest absolute Gasteiger partial charge is 0.269 e. The molecule has 114 valence electrons. The number of benzene rings is 2. The molecule has 0 saturated heterocycles. The van der Waals surface area contributed by atoms with Crippen molar-refractivity contribution in [3.63, 3.8) is 0 Å². The van der Waals surface area contributed by atoms with Crippen LogP contribution in [0.1, 0.15) is 5.56 Å². The lowest BCUT2D eigenvalue weighted by molar-refractivity contribution is -0.384. The summed E-state index contributed by atoms with van der Waals surface area (Å²) in [5.74, 6) is 0.134. The number of hydrogen-bond acceptors (Lipinski definition) is 7. The van der Waals surface area contributed by atoms with Crippen molar-refractivity contribution in [2.45, 2.75) is 0 Å². The number of phenols is 1. The lowest BCUT2D eigenvalue weighted by atomic mass is 10.2. The number of nitro benzene ring substituents is 1. The zero-order chi connectivity index (χ0) is 16.2. The van der Waals surface area contributed by atoms with Crippen molar-refractivity contribution in [2.75, 3.05) is 0 Å². The molecule has 0 aliphatic rings. The molecule has 0 aliphatic carbocycles. The molecule has 7 nitrogen and oxygen atoms in total. The van der Waals surface area contributed by atoms with Crippen molar-refractivity contribution >= 4 is 28.4 Å². The number of aromatic nitrogens is 2. The molecule has 0 saturated carbocycles. The number of nitro groups is 1. The van der Waals surface area contributed by atoms with Crippen molar-refractivity contribution in [2.24, 2.45) is 4.99 Å². The van der Waals surface area contributed by atoms with E-state index in [9.17, 15) is 15.2 Å². The van der Waals surface area contributed by atoms with Crippen molar-refractivity contribution in [1.29, 1.82) is 0 Å². The molecule has 23 heavy (non-hydrogen) atoms. The summed E-state index contributed by atoms with van der Waals surface area (Å²) in [5.41, 5.74) is 1.34. The summed E-state index contributed by atoms with van der Waals surface area (Å²) in [6.07, 6.45) is 1.55. The highest BCUT2D eigenvalue weighted by Gasteiger charge is 2.09. The summed E-state index contributed by atoms with van der Waals surface area (Å²) in [4.78, 5) is 14.3. The van der Waals surface area contributed by atoms with Gasteiger partial charge in [0.2, 0.25) is 5.13 Å². The Morgan fingerprint density at radius 1 is 1.13 bits per heavy atom. The van der Waals surface area contributed by atoms with Gasteiger partial charge in [-0.3, -0.25) is 10.1 Å². The van der Waals surface area contributed by atoms with Gasteiger partial charge in [-0.05, 0) is 29.8 Å². The van der Waals surface area contributed by atoms with Crippen molar-refractivity contribution in [3.8, 4) is 16.3 Å². The van der Waals surface area contributed by atoms with E-state index in [1.807, 2.05) is 0 Å². The Balaban J connectivity index is 1.79. The van der Waals surface area contributed by atoms with Crippen LogP contribution in [0.25, 0.3) is 10.6 Å². The maximum absolute atomic E-state index is 10.6. The zero-order valence-electron chi connectivity index (χ0n) is 11.7. The second-order valence-electron chi connectivity index (χ2n) is 4.51. The predicted molar refractivity (Wildman–Crippen MR) is 87.4 cm³/mol. The number of aromatic hydroxyl groups is 1. The van der Waals surface area contributed by atoms with Crippen LogP contribution >= 0.6 is 11.3 Å². The standard InChI is InChI=1S/C15H10N4O3S/c20-13-4-2-1-3-12(13)14-17-18-15(23-14)16-9-10-5-7-11(8-6-10)19(21)22/h1-9,20H/b16-9+. The van der Waals surface area contributed by atoms with Crippen LogP contribution in [0, 0.1) is 10.1 Å². The van der Waals surface area contributed by atoms with Gasteiger partial charge in [-0.2, -0.15) is 0 Å². The van der Waals surface area contributed by atoms with Crippen molar-refractivity contribution in [3.05, 3.63) is 64.2 Å². The summed E-state index contributed by atoms with van der Waals surface area (Å²) < 4.78 is 0. The lowest BCUT2D eigenvalue weighted by Gasteiger charge is -1.97. The molecule has 1 aromatic heterocycles. The van der Waals surface area contributed by atoms with Crippen LogP contribution in [0.15, 0.2) is 53.5 Å². The third-order valence-corrected chi connectivity index (χ3v) is 3.84. The molecule has 0 bridgehead atoms. The highest BCUT2D eigenvalue weighted by atomic mass is 32.1. The van der Waals surface area contributed by atoms with Gasteiger partial charge in [0, 0.05) is 18.3 Å². The summed E-state index contributed by atoms with van der Waals surface area (Å²) >= 11 is 1.24. The van der Waals surface area contributed by atoms with E-state index in [0.717, 1.165) is 5.56 Å². The van der Waals surface area contributed by atoms with E-state index < -0.39 is 4.92 Å². The Morgan fingerprint density at radius 2 is 1.87 bits per heavy atom. The van der Waals surface area contributed by atoms with E-state index in [4.69, 9.17) is 0 Å². The molecule has 0 radical (unpaired) electrons. The Hall–Kier alpha value is -3.13. The molecular formula is C15H10N4O3S. The second-order valence-corrected chi connectivity index (χ2v) is 5.47. The number of para-hydroxylation sites is 1. The normalized spacial score (nSPS) is 11.0. The Kier molecular flexibility index (Phi) is 4.07. The molecule has 2 aromatic carbocycles. The van der Waals surface area contributed by atoms with Crippen LogP contribution < -0.4 is 0 Å². The average Bonchev–Trinajstić information content (AvgIpc) is 3.02. The summed E-state index contributed by atoms with van der Waals surface area (Å²) in [6.45, 7) is 0. The fourth-order valence-corrected chi connectivity index (χ4v) is 2.57. The van der Waals surface area contributed by atoms with Gasteiger partial charge >= 0.3 is 0 Å². The van der Waals surface area contributed by atoms with Crippen molar-refractivity contribution in [1.82, 2.24) is 10.2 Å². The second kappa shape index (κ2) is 6.32. The van der Waals surface area contributed by atoms with Crippen LogP contribution in [-0.4, -0.2) is 26.4 Å². The Bertz CT molecular complexity index is 874. The molecule has 8 heteroatoms. The van der Waals surface area contributed by atoms with Crippen LogP contribution in [0.3, 0.4) is 0 Å². The van der Waals surface area contributed by atoms with Crippen LogP contribution in [0.5, 0.6) is 5.75 Å². The molecule has 0 spiro atoms. The van der Waals surface area contributed by atoms with Gasteiger partial charge in [-0.1, -0.05) is 23.5 Å². The third-order valence-electron chi connectivity index (χ3n) is 2.98. The molecule has 0 unspecified atom stereocenters.